The van der Waals surface area contributed by atoms with Crippen LogP contribution in [0.1, 0.15) is 12.8 Å². The standard InChI is InChI=1S/C14H19F3N4O2/c15-14(16,17)9-20-5-3-10(4-6-20)8-19-12-7-11(18)1-2-13(12)21(22)23/h1-2,7,10,19H,3-6,8-9,18H2. The molecule has 0 unspecified atom stereocenters. The lowest BCUT2D eigenvalue weighted by molar-refractivity contribution is -0.383. The van der Waals surface area contributed by atoms with Crippen LogP contribution in [0.15, 0.2) is 18.2 Å². The molecule has 3 N–H and O–H groups in total. The Morgan fingerprint density at radius 2 is 2.00 bits per heavy atom. The first kappa shape index (κ1) is 17.3. The van der Waals surface area contributed by atoms with E-state index >= 15 is 0 Å². The number of alkyl halides is 3. The molecule has 0 aromatic heterocycles. The molecular formula is C14H19F3N4O2. The molecule has 1 aromatic carbocycles. The van der Waals surface area contributed by atoms with Gasteiger partial charge in [-0.05, 0) is 44.0 Å². The minimum absolute atomic E-state index is 0.0614. The van der Waals surface area contributed by atoms with Gasteiger partial charge in [-0.3, -0.25) is 15.0 Å². The largest absolute Gasteiger partial charge is 0.401 e. The molecule has 128 valence electrons. The minimum atomic E-state index is -4.17. The van der Waals surface area contributed by atoms with Gasteiger partial charge in [0.25, 0.3) is 5.69 Å². The SMILES string of the molecule is Nc1ccc([N+](=O)[O-])c(NCC2CCN(CC(F)(F)F)CC2)c1. The minimum Gasteiger partial charge on any atom is -0.399 e. The van der Waals surface area contributed by atoms with Gasteiger partial charge in [0.1, 0.15) is 5.69 Å². The van der Waals surface area contributed by atoms with Crippen LogP contribution in [0.2, 0.25) is 0 Å². The summed E-state index contributed by atoms with van der Waals surface area (Å²) in [7, 11) is 0. The van der Waals surface area contributed by atoms with Crippen LogP contribution in [0.25, 0.3) is 0 Å². The summed E-state index contributed by atoms with van der Waals surface area (Å²) in [6, 6.07) is 4.29. The third-order valence-corrected chi connectivity index (χ3v) is 3.91. The number of nitrogen functional groups attached to an aromatic ring is 1. The maximum Gasteiger partial charge on any atom is 0.401 e. The second-order valence-electron chi connectivity index (χ2n) is 5.75. The normalized spacial score (nSPS) is 17.2. The molecule has 0 bridgehead atoms. The van der Waals surface area contributed by atoms with Crippen molar-refractivity contribution in [2.75, 3.05) is 37.2 Å². The van der Waals surface area contributed by atoms with Crippen molar-refractivity contribution in [1.82, 2.24) is 4.90 Å². The number of nitrogens with one attached hydrogen (secondary N) is 1. The number of benzene rings is 1. The van der Waals surface area contributed by atoms with E-state index in [-0.39, 0.29) is 11.6 Å². The van der Waals surface area contributed by atoms with Crippen LogP contribution in [0.5, 0.6) is 0 Å². The van der Waals surface area contributed by atoms with Crippen LogP contribution in [0, 0.1) is 16.0 Å². The van der Waals surface area contributed by atoms with Crippen molar-refractivity contribution in [3.63, 3.8) is 0 Å². The van der Waals surface area contributed by atoms with E-state index in [9.17, 15) is 23.3 Å². The quantitative estimate of drug-likeness (QED) is 0.492. The Morgan fingerprint density at radius 1 is 1.35 bits per heavy atom. The fourth-order valence-corrected chi connectivity index (χ4v) is 2.71. The van der Waals surface area contributed by atoms with Gasteiger partial charge >= 0.3 is 6.18 Å². The number of hydrogen-bond donors (Lipinski definition) is 2. The van der Waals surface area contributed by atoms with Gasteiger partial charge in [0, 0.05) is 18.3 Å². The number of nitrogens with zero attached hydrogens (tertiary/aromatic N) is 2. The lowest BCUT2D eigenvalue weighted by Gasteiger charge is -2.32. The molecule has 1 aliphatic heterocycles. The lowest BCUT2D eigenvalue weighted by atomic mass is 9.96. The van der Waals surface area contributed by atoms with Gasteiger partial charge in [-0.15, -0.1) is 0 Å². The lowest BCUT2D eigenvalue weighted by Crippen LogP contribution is -2.41. The molecule has 1 aromatic rings. The predicted molar refractivity (Wildman–Crippen MR) is 81.2 cm³/mol. The van der Waals surface area contributed by atoms with Crippen LogP contribution < -0.4 is 11.1 Å². The summed E-state index contributed by atoms with van der Waals surface area (Å²) in [4.78, 5) is 11.9. The Bertz CT molecular complexity index is 557. The first-order valence-corrected chi connectivity index (χ1v) is 7.31. The highest BCUT2D eigenvalue weighted by Crippen LogP contribution is 2.28. The average molecular weight is 332 g/mol. The van der Waals surface area contributed by atoms with Crippen LogP contribution in [-0.2, 0) is 0 Å². The van der Waals surface area contributed by atoms with Gasteiger partial charge in [0.05, 0.1) is 11.5 Å². The number of anilines is 2. The molecule has 0 radical (unpaired) electrons. The molecule has 1 aliphatic rings. The van der Waals surface area contributed by atoms with E-state index < -0.39 is 17.6 Å². The first-order chi connectivity index (χ1) is 10.7. The zero-order valence-electron chi connectivity index (χ0n) is 12.5. The average Bonchev–Trinajstić information content (AvgIpc) is 2.44. The van der Waals surface area contributed by atoms with Gasteiger partial charge in [-0.25, -0.2) is 0 Å². The summed E-state index contributed by atoms with van der Waals surface area (Å²) in [5, 5.41) is 14.0. The highest BCUT2D eigenvalue weighted by Gasteiger charge is 2.32. The molecule has 1 heterocycles. The molecule has 6 nitrogen and oxygen atoms in total. The summed E-state index contributed by atoms with van der Waals surface area (Å²) >= 11 is 0. The Morgan fingerprint density at radius 3 is 2.57 bits per heavy atom. The van der Waals surface area contributed by atoms with E-state index in [4.69, 9.17) is 5.73 Å². The van der Waals surface area contributed by atoms with E-state index in [2.05, 4.69) is 5.32 Å². The van der Waals surface area contributed by atoms with E-state index in [0.717, 1.165) is 0 Å². The van der Waals surface area contributed by atoms with Gasteiger partial charge in [0.2, 0.25) is 0 Å². The summed E-state index contributed by atoms with van der Waals surface area (Å²) in [5.41, 5.74) is 6.33. The second-order valence-corrected chi connectivity index (χ2v) is 5.75. The Balaban J connectivity index is 1.86. The van der Waals surface area contributed by atoms with Gasteiger partial charge in [-0.1, -0.05) is 0 Å². The first-order valence-electron chi connectivity index (χ1n) is 7.31. The van der Waals surface area contributed by atoms with Crippen LogP contribution in [-0.4, -0.2) is 42.2 Å². The maximum absolute atomic E-state index is 12.3. The Hall–Kier alpha value is -2.03. The third kappa shape index (κ3) is 5.27. The fourth-order valence-electron chi connectivity index (χ4n) is 2.71. The smallest absolute Gasteiger partial charge is 0.399 e. The molecule has 2 rings (SSSR count). The number of hydrogen-bond acceptors (Lipinski definition) is 5. The van der Waals surface area contributed by atoms with E-state index in [1.807, 2.05) is 0 Å². The van der Waals surface area contributed by atoms with Crippen LogP contribution >= 0.6 is 0 Å². The maximum atomic E-state index is 12.3. The van der Waals surface area contributed by atoms with E-state index in [0.29, 0.717) is 43.9 Å². The highest BCUT2D eigenvalue weighted by molar-refractivity contribution is 5.67. The van der Waals surface area contributed by atoms with Crippen LogP contribution in [0.4, 0.5) is 30.2 Å². The number of halogens is 3. The molecule has 0 aliphatic carbocycles. The molecule has 23 heavy (non-hydrogen) atoms. The van der Waals surface area contributed by atoms with Crippen molar-refractivity contribution in [2.24, 2.45) is 5.92 Å². The van der Waals surface area contributed by atoms with Crippen molar-refractivity contribution >= 4 is 17.1 Å². The van der Waals surface area contributed by atoms with Crippen LogP contribution in [0.3, 0.4) is 0 Å². The van der Waals surface area contributed by atoms with Gasteiger partial charge in [0.15, 0.2) is 0 Å². The molecule has 1 saturated heterocycles. The number of nitro groups is 1. The summed E-state index contributed by atoms with van der Waals surface area (Å²) in [6.45, 7) is 0.355. The Kier molecular flexibility index (Phi) is 5.30. The van der Waals surface area contributed by atoms with Gasteiger partial charge < -0.3 is 11.1 Å². The second kappa shape index (κ2) is 7.03. The fraction of sp³-hybridized carbons (Fsp3) is 0.571. The summed E-state index contributed by atoms with van der Waals surface area (Å²) < 4.78 is 37.0. The van der Waals surface area contributed by atoms with Crippen molar-refractivity contribution in [3.05, 3.63) is 28.3 Å². The molecule has 1 fully saturated rings. The summed E-state index contributed by atoms with van der Waals surface area (Å²) in [6.07, 6.45) is -2.92. The third-order valence-electron chi connectivity index (χ3n) is 3.91. The Labute approximate surface area is 131 Å². The number of nitro benzene ring substituents is 1. The summed E-state index contributed by atoms with van der Waals surface area (Å²) in [5.74, 6) is 0.181. The van der Waals surface area contributed by atoms with Crippen molar-refractivity contribution in [3.8, 4) is 0 Å². The molecule has 0 atom stereocenters. The number of likely N-dealkylation sites (tertiary alicyclic amines) is 1. The number of rotatable bonds is 5. The number of nitrogens with two attached hydrogens (primary N) is 1. The van der Waals surface area contributed by atoms with Crippen molar-refractivity contribution in [1.29, 1.82) is 0 Å². The zero-order valence-corrected chi connectivity index (χ0v) is 12.5. The molecule has 9 heteroatoms. The number of piperidine rings is 1. The molecule has 0 saturated carbocycles. The van der Waals surface area contributed by atoms with E-state index in [1.165, 1.54) is 23.1 Å². The molecule has 0 spiro atoms. The van der Waals surface area contributed by atoms with Crippen molar-refractivity contribution in [2.45, 2.75) is 19.0 Å². The van der Waals surface area contributed by atoms with Crippen molar-refractivity contribution < 1.29 is 18.1 Å². The van der Waals surface area contributed by atoms with Gasteiger partial charge in [-0.2, -0.15) is 13.2 Å². The highest BCUT2D eigenvalue weighted by atomic mass is 19.4. The molecular weight excluding hydrogens is 313 g/mol. The zero-order chi connectivity index (χ0) is 17.0. The topological polar surface area (TPSA) is 84.4 Å². The predicted octanol–water partition coefficient (Wildman–Crippen LogP) is 2.86. The molecule has 0 amide bonds. The van der Waals surface area contributed by atoms with E-state index in [1.54, 1.807) is 0 Å². The monoisotopic (exact) mass is 332 g/mol.